The fraction of sp³-hybridized carbons (Fsp3) is 0.203. The first-order chi connectivity index (χ1) is 48.6. The summed E-state index contributed by atoms with van der Waals surface area (Å²) in [5.74, 6) is -1.53. The number of carboxylic acid groups (broad SMARTS) is 1. The van der Waals surface area contributed by atoms with Crippen molar-refractivity contribution in [3.63, 3.8) is 0 Å². The van der Waals surface area contributed by atoms with Gasteiger partial charge in [-0.05, 0) is 215 Å². The number of rotatable bonds is 12. The standard InChI is InChI=1S/C25H22ClN3O2.C18H14ClN3O2.C11H14ClNO2.C10H12ClNO2.C8H4N2O.C7H7Br/c1-17-6-5-7-18(16-17)25(31)24(2,3)28(21-12-8-19(26)9-13-21)23(30)29(25)22-14-10-20(27-4)11-15-22;1-18(2)16(23)21(14-10-6-13(20-3)7-11-14)17(24)22(18)15-8-4-12(19)5-9-15;1-11(2,10(14)15-3)13-9-6-4-8(12)5-7-9;1-10(2,9(13)14)12-8-5-3-7(11)4-6-8;1-9-7-2-4-8(5-3-7)10-6-11;1-6-3-2-4-7(8)5-6/h5-16,31H,1-3H3;4-11H,1-2H3;4-7,13H,1-3H3;3-6,12H,1-2H3,(H,13,14);2-5H;2-5H,1H3. The van der Waals surface area contributed by atoms with Crippen molar-refractivity contribution in [2.24, 2.45) is 4.99 Å². The van der Waals surface area contributed by atoms with Gasteiger partial charge in [0.15, 0.2) is 22.8 Å². The zero-order chi connectivity index (χ0) is 76.2. The number of esters is 1. The highest BCUT2D eigenvalue weighted by Gasteiger charge is 2.64. The van der Waals surface area contributed by atoms with E-state index in [-0.39, 0.29) is 17.9 Å². The molecule has 9 aromatic rings. The average Bonchev–Trinajstić information content (AvgIpc) is 1.54. The Balaban J connectivity index is 0.000000206. The molecule has 9 aromatic carbocycles. The van der Waals surface area contributed by atoms with Gasteiger partial charge in [-0.15, -0.1) is 0 Å². The minimum atomic E-state index is -1.67. The second-order valence-corrected chi connectivity index (χ2v) is 27.7. The number of aliphatic hydroxyl groups is 1. The number of hydrogen-bond acceptors (Lipinski definition) is 11. The molecule has 2 aliphatic rings. The van der Waals surface area contributed by atoms with E-state index in [9.17, 15) is 33.9 Å². The highest BCUT2D eigenvalue weighted by Crippen LogP contribution is 2.51. The molecule has 0 saturated carbocycles. The van der Waals surface area contributed by atoms with Crippen molar-refractivity contribution in [3.05, 3.63) is 294 Å². The lowest BCUT2D eigenvalue weighted by Gasteiger charge is -2.43. The van der Waals surface area contributed by atoms with Crippen LogP contribution in [-0.4, -0.2) is 75.5 Å². The SMILES string of the molecule is CC(C)(Nc1ccc(Cl)cc1)C(=O)O.COC(=O)C(C)(C)Nc1ccc(Cl)cc1.Cc1cccc(Br)c1.[C-]#[N+]c1ccc(N2C(=O)N(c3ccc(Cl)cc3)C(C)(C)C2(O)c2cccc(C)c2)cc1.[C-]#[N+]c1ccc(N2C(=O)N(c3ccc(Cl)cc3)C(C)(C)C2=O)cc1.[C-]#[N+]c1ccc(N=C=O)cc1. The van der Waals surface area contributed by atoms with Crippen LogP contribution >= 0.6 is 62.3 Å². The van der Waals surface area contributed by atoms with E-state index in [1.807, 2.05) is 69.3 Å². The highest BCUT2D eigenvalue weighted by atomic mass is 79.9. The number of isocyanates is 1. The number of carbonyl (C=O) groups excluding carboxylic acids is 5. The summed E-state index contributed by atoms with van der Waals surface area (Å²) >= 11 is 26.8. The van der Waals surface area contributed by atoms with Gasteiger partial charge >= 0.3 is 24.0 Å². The van der Waals surface area contributed by atoms with Crippen molar-refractivity contribution in [3.8, 4) is 0 Å². The van der Waals surface area contributed by atoms with Gasteiger partial charge in [0.25, 0.3) is 5.91 Å². The maximum atomic E-state index is 13.8. The van der Waals surface area contributed by atoms with Crippen LogP contribution in [0.2, 0.25) is 20.1 Å². The summed E-state index contributed by atoms with van der Waals surface area (Å²) in [5, 5.41) is 29.5. The number of nitrogens with zero attached hydrogens (tertiary/aromatic N) is 8. The van der Waals surface area contributed by atoms with Crippen molar-refractivity contribution in [2.75, 3.05) is 37.3 Å². The number of aryl methyl sites for hydroxylation is 2. The van der Waals surface area contributed by atoms with E-state index in [0.29, 0.717) is 71.2 Å². The van der Waals surface area contributed by atoms with E-state index in [2.05, 4.69) is 69.9 Å². The predicted octanol–water partition coefficient (Wildman–Crippen LogP) is 21.2. The van der Waals surface area contributed by atoms with Crippen LogP contribution in [0.5, 0.6) is 0 Å². The summed E-state index contributed by atoms with van der Waals surface area (Å²) in [6.45, 7) is 38.7. The molecule has 528 valence electrons. The molecular formula is C79H73BrCl4N10O9. The Bertz CT molecular complexity index is 4640. The van der Waals surface area contributed by atoms with Crippen molar-refractivity contribution in [1.29, 1.82) is 0 Å². The number of hydrogen-bond donors (Lipinski definition) is 4. The molecular weight excluding hydrogens is 1450 g/mol. The predicted molar refractivity (Wildman–Crippen MR) is 415 cm³/mol. The molecule has 1 atom stereocenters. The lowest BCUT2D eigenvalue weighted by atomic mass is 9.83. The quantitative estimate of drug-likeness (QED) is 0.0297. The Morgan fingerprint density at radius 2 is 0.913 bits per heavy atom. The summed E-state index contributed by atoms with van der Waals surface area (Å²) in [6.07, 6.45) is 1.42. The normalized spacial score (nSPS) is 14.5. The van der Waals surface area contributed by atoms with Crippen LogP contribution in [-0.2, 0) is 29.6 Å². The van der Waals surface area contributed by atoms with Crippen molar-refractivity contribution >= 4 is 155 Å². The summed E-state index contributed by atoms with van der Waals surface area (Å²) in [7, 11) is 1.37. The number of ether oxygens (including phenoxy) is 1. The van der Waals surface area contributed by atoms with Gasteiger partial charge in [-0.3, -0.25) is 19.5 Å². The summed E-state index contributed by atoms with van der Waals surface area (Å²) in [5.41, 5.74) is 3.13. The van der Waals surface area contributed by atoms with Crippen LogP contribution in [0.15, 0.2) is 228 Å². The number of aliphatic carboxylic acids is 1. The number of urea groups is 2. The van der Waals surface area contributed by atoms with Gasteiger partial charge in [0.1, 0.15) is 16.6 Å². The highest BCUT2D eigenvalue weighted by molar-refractivity contribution is 9.10. The second kappa shape index (κ2) is 35.7. The summed E-state index contributed by atoms with van der Waals surface area (Å²) in [6, 6.07) is 62.2. The molecule has 4 N–H and O–H groups in total. The molecule has 2 saturated heterocycles. The first-order valence-electron chi connectivity index (χ1n) is 31.3. The molecule has 24 heteroatoms. The van der Waals surface area contributed by atoms with E-state index >= 15 is 0 Å². The summed E-state index contributed by atoms with van der Waals surface area (Å²) < 4.78 is 5.83. The van der Waals surface area contributed by atoms with E-state index in [0.717, 1.165) is 26.3 Å². The third kappa shape index (κ3) is 20.7. The zero-order valence-electron chi connectivity index (χ0n) is 58.0. The third-order valence-electron chi connectivity index (χ3n) is 15.8. The molecule has 0 spiro atoms. The molecule has 5 amide bonds. The number of carboxylic acids is 1. The number of benzene rings is 9. The van der Waals surface area contributed by atoms with Crippen molar-refractivity contribution in [2.45, 2.75) is 97.1 Å². The molecule has 1 unspecified atom stereocenters. The number of carbonyl (C=O) groups is 5. The number of methoxy groups -OCH3 is 1. The Labute approximate surface area is 628 Å². The maximum absolute atomic E-state index is 13.8. The molecule has 2 heterocycles. The minimum absolute atomic E-state index is 0.308. The fourth-order valence-corrected chi connectivity index (χ4v) is 11.4. The van der Waals surface area contributed by atoms with Gasteiger partial charge in [-0.1, -0.05) is 146 Å². The zero-order valence-corrected chi connectivity index (χ0v) is 62.6. The number of anilines is 6. The number of imide groups is 1. The molecule has 2 aliphatic heterocycles. The molecule has 0 radical (unpaired) electrons. The van der Waals surface area contributed by atoms with Crippen LogP contribution < -0.4 is 30.2 Å². The van der Waals surface area contributed by atoms with E-state index in [1.54, 1.807) is 204 Å². The first-order valence-corrected chi connectivity index (χ1v) is 33.6. The molecule has 11 rings (SSSR count). The van der Waals surface area contributed by atoms with E-state index in [1.165, 1.54) is 28.6 Å². The molecule has 103 heavy (non-hydrogen) atoms. The molecule has 0 aromatic heterocycles. The fourth-order valence-electron chi connectivity index (χ4n) is 10.4. The minimum Gasteiger partial charge on any atom is -0.480 e. The lowest BCUT2D eigenvalue weighted by molar-refractivity contribution is -0.144. The number of amides is 5. The topological polar surface area (TPSA) is 215 Å². The van der Waals surface area contributed by atoms with E-state index < -0.39 is 39.9 Å². The average molecular weight is 1530 g/mol. The van der Waals surface area contributed by atoms with Crippen LogP contribution in [0.4, 0.5) is 66.5 Å². The third-order valence-corrected chi connectivity index (χ3v) is 17.3. The van der Waals surface area contributed by atoms with Crippen molar-refractivity contribution in [1.82, 2.24) is 0 Å². The van der Waals surface area contributed by atoms with Crippen LogP contribution in [0, 0.1) is 33.6 Å². The molecule has 2 fully saturated rings. The number of aliphatic imine (C=N–C) groups is 1. The van der Waals surface area contributed by atoms with Crippen LogP contribution in [0.3, 0.4) is 0 Å². The lowest BCUT2D eigenvalue weighted by Crippen LogP contribution is -2.56. The summed E-state index contributed by atoms with van der Waals surface area (Å²) in [4.78, 5) is 90.4. The van der Waals surface area contributed by atoms with Gasteiger partial charge in [0, 0.05) is 58.6 Å². The monoisotopic (exact) mass is 1520 g/mol. The van der Waals surface area contributed by atoms with Crippen LogP contribution in [0.1, 0.15) is 72.1 Å². The Morgan fingerprint density at radius 3 is 1.30 bits per heavy atom. The number of halogens is 5. The Morgan fingerprint density at radius 1 is 0.534 bits per heavy atom. The largest absolute Gasteiger partial charge is 0.480 e. The molecule has 0 bridgehead atoms. The van der Waals surface area contributed by atoms with Gasteiger partial charge in [-0.2, -0.15) is 4.99 Å². The second-order valence-electron chi connectivity index (χ2n) is 25.0. The molecule has 19 nitrogen and oxygen atoms in total. The van der Waals surface area contributed by atoms with Crippen LogP contribution in [0.25, 0.3) is 14.5 Å². The maximum Gasteiger partial charge on any atom is 0.336 e. The van der Waals surface area contributed by atoms with Gasteiger partial charge in [0.05, 0.1) is 43.7 Å². The Kier molecular flexibility index (Phi) is 28.1. The number of nitrogens with one attached hydrogen (secondary N) is 2. The van der Waals surface area contributed by atoms with Gasteiger partial charge in [0.2, 0.25) is 6.08 Å². The molecule has 0 aliphatic carbocycles. The first kappa shape index (κ1) is 81.1. The van der Waals surface area contributed by atoms with Gasteiger partial charge in [-0.25, -0.2) is 43.4 Å². The van der Waals surface area contributed by atoms with Crippen molar-refractivity contribution < 1.29 is 43.7 Å². The van der Waals surface area contributed by atoms with E-state index in [4.69, 9.17) is 71.2 Å². The smallest absolute Gasteiger partial charge is 0.336 e. The Hall–Kier alpha value is -10.8. The van der Waals surface area contributed by atoms with Gasteiger partial charge < -0.3 is 25.6 Å².